The van der Waals surface area contributed by atoms with Crippen molar-refractivity contribution in [2.75, 3.05) is 0 Å². The molecule has 0 bridgehead atoms. The molecule has 0 unspecified atom stereocenters. The van der Waals surface area contributed by atoms with Crippen molar-refractivity contribution < 1.29 is 13.6 Å². The van der Waals surface area contributed by atoms with E-state index in [-0.39, 0.29) is 17.4 Å². The number of carbonyl (C=O) groups is 1. The third kappa shape index (κ3) is 3.63. The van der Waals surface area contributed by atoms with Crippen LogP contribution in [0.15, 0.2) is 76.5 Å². The van der Waals surface area contributed by atoms with Crippen LogP contribution in [0.5, 0.6) is 0 Å². The smallest absolute Gasteiger partial charge is 0.262 e. The molecule has 2 aromatic heterocycles. The molecule has 0 saturated heterocycles. The van der Waals surface area contributed by atoms with Crippen LogP contribution in [0.25, 0.3) is 11.5 Å². The minimum absolute atomic E-state index is 0.115. The van der Waals surface area contributed by atoms with E-state index in [9.17, 15) is 9.18 Å². The minimum atomic E-state index is -0.897. The van der Waals surface area contributed by atoms with Crippen LogP contribution in [0.2, 0.25) is 0 Å². The maximum Gasteiger partial charge on any atom is 0.262 e. The highest BCUT2D eigenvalue weighted by atomic mass is 32.1. The summed E-state index contributed by atoms with van der Waals surface area (Å²) >= 11 is 1.30. The molecule has 0 aliphatic heterocycles. The molecular weight excluding hydrogens is 365 g/mol. The molecule has 7 heteroatoms. The Labute approximate surface area is 158 Å². The van der Waals surface area contributed by atoms with E-state index in [2.05, 4.69) is 15.5 Å². The van der Waals surface area contributed by atoms with Gasteiger partial charge in [-0.15, -0.1) is 21.5 Å². The van der Waals surface area contributed by atoms with E-state index < -0.39 is 11.9 Å². The van der Waals surface area contributed by atoms with Gasteiger partial charge in [-0.25, -0.2) is 4.39 Å². The second-order valence-electron chi connectivity index (χ2n) is 5.72. The fourth-order valence-corrected chi connectivity index (χ4v) is 3.27. The first-order valence-electron chi connectivity index (χ1n) is 8.20. The highest BCUT2D eigenvalue weighted by molar-refractivity contribution is 7.12. The van der Waals surface area contributed by atoms with Crippen molar-refractivity contribution in [1.29, 1.82) is 0 Å². The molecule has 0 aliphatic rings. The Morgan fingerprint density at radius 1 is 1.00 bits per heavy atom. The van der Waals surface area contributed by atoms with E-state index in [1.807, 2.05) is 30.3 Å². The summed E-state index contributed by atoms with van der Waals surface area (Å²) < 4.78 is 20.2. The molecule has 27 heavy (non-hydrogen) atoms. The van der Waals surface area contributed by atoms with E-state index in [1.165, 1.54) is 17.4 Å². The molecule has 0 fully saturated rings. The van der Waals surface area contributed by atoms with Crippen LogP contribution in [0.4, 0.5) is 4.39 Å². The Bertz CT molecular complexity index is 1050. The number of hydrogen-bond donors (Lipinski definition) is 1. The topological polar surface area (TPSA) is 68.0 Å². The van der Waals surface area contributed by atoms with Gasteiger partial charge in [0.2, 0.25) is 11.8 Å². The molecule has 0 spiro atoms. The fraction of sp³-hybridized carbons (Fsp3) is 0.0500. The lowest BCUT2D eigenvalue weighted by Crippen LogP contribution is -2.29. The average molecular weight is 379 g/mol. The number of nitrogens with one attached hydrogen (secondary N) is 1. The zero-order chi connectivity index (χ0) is 18.6. The van der Waals surface area contributed by atoms with Gasteiger partial charge in [-0.1, -0.05) is 42.5 Å². The molecule has 0 saturated carbocycles. The lowest BCUT2D eigenvalue weighted by atomic mass is 10.1. The number of aromatic nitrogens is 2. The van der Waals surface area contributed by atoms with Crippen molar-refractivity contribution in [3.63, 3.8) is 0 Å². The zero-order valence-electron chi connectivity index (χ0n) is 14.0. The van der Waals surface area contributed by atoms with Crippen LogP contribution >= 0.6 is 11.3 Å². The first kappa shape index (κ1) is 17.1. The van der Waals surface area contributed by atoms with Gasteiger partial charge in [0.1, 0.15) is 11.9 Å². The Morgan fingerprint density at radius 2 is 1.78 bits per heavy atom. The number of hydrogen-bond acceptors (Lipinski definition) is 5. The van der Waals surface area contributed by atoms with Crippen molar-refractivity contribution in [2.45, 2.75) is 6.04 Å². The van der Waals surface area contributed by atoms with Crippen LogP contribution in [0.1, 0.15) is 27.2 Å². The molecule has 1 atom stereocenters. The van der Waals surface area contributed by atoms with Crippen molar-refractivity contribution in [3.8, 4) is 11.5 Å². The van der Waals surface area contributed by atoms with E-state index in [0.29, 0.717) is 10.8 Å². The third-order valence-corrected chi connectivity index (χ3v) is 4.81. The molecule has 1 amide bonds. The summed E-state index contributed by atoms with van der Waals surface area (Å²) in [5, 5.41) is 12.7. The van der Waals surface area contributed by atoms with Crippen LogP contribution < -0.4 is 5.32 Å². The summed E-state index contributed by atoms with van der Waals surface area (Å²) in [5.74, 6) is -0.382. The number of rotatable bonds is 5. The van der Waals surface area contributed by atoms with Gasteiger partial charge in [0.05, 0.1) is 4.88 Å². The second-order valence-corrected chi connectivity index (χ2v) is 6.66. The van der Waals surface area contributed by atoms with Crippen LogP contribution in [0.3, 0.4) is 0 Å². The maximum atomic E-state index is 14.4. The Morgan fingerprint density at radius 3 is 2.52 bits per heavy atom. The molecule has 134 valence electrons. The molecule has 2 aromatic carbocycles. The van der Waals surface area contributed by atoms with Gasteiger partial charge < -0.3 is 9.73 Å². The Hall–Kier alpha value is -3.32. The predicted molar refractivity (Wildman–Crippen MR) is 99.8 cm³/mol. The number of thiophene rings is 1. The predicted octanol–water partition coefficient (Wildman–Crippen LogP) is 4.46. The number of nitrogens with zero attached hydrogens (tertiary/aromatic N) is 2. The van der Waals surface area contributed by atoms with Crippen molar-refractivity contribution in [1.82, 2.24) is 15.5 Å². The summed E-state index contributed by atoms with van der Waals surface area (Å²) in [4.78, 5) is 13.1. The minimum Gasteiger partial charge on any atom is -0.418 e. The third-order valence-electron chi connectivity index (χ3n) is 3.94. The van der Waals surface area contributed by atoms with Gasteiger partial charge >= 0.3 is 0 Å². The molecular formula is C20H14FN3O2S. The lowest BCUT2D eigenvalue weighted by Gasteiger charge is -2.16. The SMILES string of the molecule is O=C(N[C@H](c1nnc(-c2ccccc2)o1)c1ccccc1F)c1cccs1. The summed E-state index contributed by atoms with van der Waals surface area (Å²) in [5.41, 5.74) is 0.999. The van der Waals surface area contributed by atoms with Gasteiger partial charge in [-0.3, -0.25) is 4.79 Å². The average Bonchev–Trinajstić information content (AvgIpc) is 3.40. The van der Waals surface area contributed by atoms with Crippen molar-refractivity contribution in [3.05, 3.63) is 94.3 Å². The normalized spacial score (nSPS) is 11.9. The summed E-state index contributed by atoms with van der Waals surface area (Å²) in [7, 11) is 0. The van der Waals surface area contributed by atoms with Gasteiger partial charge in [0, 0.05) is 11.1 Å². The molecule has 4 rings (SSSR count). The number of halogens is 1. The molecule has 5 nitrogen and oxygen atoms in total. The molecule has 0 radical (unpaired) electrons. The molecule has 2 heterocycles. The van der Waals surface area contributed by atoms with Crippen molar-refractivity contribution >= 4 is 17.2 Å². The molecule has 1 N–H and O–H groups in total. The molecule has 0 aliphatic carbocycles. The number of carbonyl (C=O) groups excluding carboxylic acids is 1. The summed E-state index contributed by atoms with van der Waals surface area (Å²) in [6.07, 6.45) is 0. The largest absolute Gasteiger partial charge is 0.418 e. The van der Waals surface area contributed by atoms with E-state index >= 15 is 0 Å². The first-order chi connectivity index (χ1) is 13.2. The van der Waals surface area contributed by atoms with Gasteiger partial charge in [-0.2, -0.15) is 0 Å². The van der Waals surface area contributed by atoms with Gasteiger partial charge in [0.25, 0.3) is 5.91 Å². The molecule has 4 aromatic rings. The van der Waals surface area contributed by atoms with E-state index in [0.717, 1.165) is 5.56 Å². The number of amides is 1. The summed E-state index contributed by atoms with van der Waals surface area (Å²) in [6, 6.07) is 18.0. The lowest BCUT2D eigenvalue weighted by molar-refractivity contribution is 0.0941. The fourth-order valence-electron chi connectivity index (χ4n) is 2.64. The van der Waals surface area contributed by atoms with Crippen molar-refractivity contribution in [2.24, 2.45) is 0 Å². The highest BCUT2D eigenvalue weighted by Crippen LogP contribution is 2.27. The Kier molecular flexibility index (Phi) is 4.76. The van der Waals surface area contributed by atoms with Crippen LogP contribution in [0, 0.1) is 5.82 Å². The quantitative estimate of drug-likeness (QED) is 0.556. The monoisotopic (exact) mass is 379 g/mol. The van der Waals surface area contributed by atoms with Gasteiger partial charge in [-0.05, 0) is 29.6 Å². The highest BCUT2D eigenvalue weighted by Gasteiger charge is 2.26. The first-order valence-corrected chi connectivity index (χ1v) is 9.08. The van der Waals surface area contributed by atoms with Gasteiger partial charge in [0.15, 0.2) is 0 Å². The number of benzene rings is 2. The van der Waals surface area contributed by atoms with Crippen LogP contribution in [-0.2, 0) is 0 Å². The van der Waals surface area contributed by atoms with E-state index in [4.69, 9.17) is 4.42 Å². The maximum absolute atomic E-state index is 14.4. The second kappa shape index (κ2) is 7.51. The van der Waals surface area contributed by atoms with Crippen LogP contribution in [-0.4, -0.2) is 16.1 Å². The standard InChI is InChI=1S/C20H14FN3O2S/c21-15-10-5-4-9-14(15)17(22-18(25)16-11-6-12-27-16)20-24-23-19(26-20)13-7-2-1-3-8-13/h1-12,17H,(H,22,25)/t17-/m0/s1. The zero-order valence-corrected chi connectivity index (χ0v) is 14.8. The van der Waals surface area contributed by atoms with E-state index in [1.54, 1.807) is 35.7 Å². The Balaban J connectivity index is 1.71. The summed E-state index contributed by atoms with van der Waals surface area (Å²) in [6.45, 7) is 0.